The van der Waals surface area contributed by atoms with E-state index in [-0.39, 0.29) is 5.75 Å². The van der Waals surface area contributed by atoms with E-state index < -0.39 is 0 Å². The molecule has 3 heteroatoms. The summed E-state index contributed by atoms with van der Waals surface area (Å²) in [6.07, 6.45) is 8.08. The Morgan fingerprint density at radius 3 is 2.74 bits per heavy atom. The van der Waals surface area contributed by atoms with E-state index in [9.17, 15) is 5.11 Å². The molecule has 1 heterocycles. The fourth-order valence-electron chi connectivity index (χ4n) is 2.74. The number of aryl methyl sites for hydroxylation is 1. The van der Waals surface area contributed by atoms with E-state index in [1.54, 1.807) is 0 Å². The van der Waals surface area contributed by atoms with Crippen molar-refractivity contribution in [1.29, 1.82) is 0 Å². The minimum Gasteiger partial charge on any atom is -0.505 e. The lowest BCUT2D eigenvalue weighted by Gasteiger charge is -2.27. The Morgan fingerprint density at radius 2 is 1.91 bits per heavy atom. The normalized spacial score (nSPS) is 17.0. The van der Waals surface area contributed by atoms with E-state index in [1.807, 2.05) is 49.4 Å². The standard InChI is InChI=1S/C20H18BrNO/c1-14-12-17(21)20(23)19(13-14)22-11-7-3-4-8-15(2)16-9-5-6-10-18(16)22/h3-10,12-13,23H,2,11H2,1H3/b7-3-,8-4-. The Hall–Kier alpha value is -2.26. The number of halogens is 1. The molecular weight excluding hydrogens is 350 g/mol. The number of hydrogen-bond donors (Lipinski definition) is 1. The molecule has 0 aromatic heterocycles. The van der Waals surface area contributed by atoms with E-state index in [1.165, 1.54) is 0 Å². The van der Waals surface area contributed by atoms with Crippen LogP contribution in [0.25, 0.3) is 5.57 Å². The number of fused-ring (bicyclic) bond motifs is 1. The highest BCUT2D eigenvalue weighted by atomic mass is 79.9. The van der Waals surface area contributed by atoms with Gasteiger partial charge in [0.2, 0.25) is 0 Å². The average molecular weight is 368 g/mol. The van der Waals surface area contributed by atoms with Gasteiger partial charge in [0.15, 0.2) is 5.75 Å². The molecule has 0 radical (unpaired) electrons. The summed E-state index contributed by atoms with van der Waals surface area (Å²) in [5.74, 6) is 0.247. The summed E-state index contributed by atoms with van der Waals surface area (Å²) < 4.78 is 0.700. The second-order valence-electron chi connectivity index (χ2n) is 5.55. The van der Waals surface area contributed by atoms with Crippen LogP contribution in [0.3, 0.4) is 0 Å². The molecule has 2 aromatic rings. The molecule has 0 saturated carbocycles. The van der Waals surface area contributed by atoms with Gasteiger partial charge >= 0.3 is 0 Å². The van der Waals surface area contributed by atoms with Crippen LogP contribution in [0.2, 0.25) is 0 Å². The third-order valence-corrected chi connectivity index (χ3v) is 4.46. The van der Waals surface area contributed by atoms with Gasteiger partial charge in [-0.15, -0.1) is 0 Å². The number of aromatic hydroxyl groups is 1. The molecule has 0 atom stereocenters. The minimum atomic E-state index is 0.247. The average Bonchev–Trinajstić information content (AvgIpc) is 2.61. The zero-order chi connectivity index (χ0) is 16.4. The van der Waals surface area contributed by atoms with E-state index >= 15 is 0 Å². The molecule has 3 rings (SSSR count). The van der Waals surface area contributed by atoms with Crippen molar-refractivity contribution in [2.75, 3.05) is 11.4 Å². The van der Waals surface area contributed by atoms with Gasteiger partial charge in [0.1, 0.15) is 0 Å². The summed E-state index contributed by atoms with van der Waals surface area (Å²) in [7, 11) is 0. The van der Waals surface area contributed by atoms with Gasteiger partial charge in [-0.25, -0.2) is 0 Å². The number of anilines is 2. The predicted octanol–water partition coefficient (Wildman–Crippen LogP) is 5.74. The summed E-state index contributed by atoms with van der Waals surface area (Å²) in [5, 5.41) is 10.5. The molecule has 1 aliphatic rings. The largest absolute Gasteiger partial charge is 0.505 e. The van der Waals surface area contributed by atoms with Crippen molar-refractivity contribution >= 4 is 32.9 Å². The molecule has 1 N–H and O–H groups in total. The third kappa shape index (κ3) is 3.10. The molecular formula is C20H18BrNO. The van der Waals surface area contributed by atoms with Crippen LogP contribution < -0.4 is 4.90 Å². The third-order valence-electron chi connectivity index (χ3n) is 3.85. The highest BCUT2D eigenvalue weighted by Crippen LogP contribution is 2.41. The van der Waals surface area contributed by atoms with Crippen LogP contribution in [0, 0.1) is 6.92 Å². The number of para-hydroxylation sites is 1. The number of hydrogen-bond acceptors (Lipinski definition) is 2. The second-order valence-corrected chi connectivity index (χ2v) is 6.41. The Balaban J connectivity index is 2.23. The molecule has 23 heavy (non-hydrogen) atoms. The first-order valence-electron chi connectivity index (χ1n) is 7.46. The molecule has 0 aliphatic carbocycles. The van der Waals surface area contributed by atoms with E-state index in [4.69, 9.17) is 0 Å². The molecule has 0 saturated heterocycles. The second kappa shape index (κ2) is 6.47. The summed E-state index contributed by atoms with van der Waals surface area (Å²) in [6, 6.07) is 12.0. The van der Waals surface area contributed by atoms with Gasteiger partial charge in [0.25, 0.3) is 0 Å². The Labute approximate surface area is 145 Å². The van der Waals surface area contributed by atoms with Crippen molar-refractivity contribution < 1.29 is 5.11 Å². The van der Waals surface area contributed by atoms with Crippen LogP contribution in [-0.4, -0.2) is 11.7 Å². The fraction of sp³-hybridized carbons (Fsp3) is 0.100. The lowest BCUT2D eigenvalue weighted by molar-refractivity contribution is 0.472. The van der Waals surface area contributed by atoms with Gasteiger partial charge in [-0.2, -0.15) is 0 Å². The molecule has 2 aromatic carbocycles. The number of phenols is 1. The van der Waals surface area contributed by atoms with E-state index in [0.29, 0.717) is 11.0 Å². The van der Waals surface area contributed by atoms with Crippen LogP contribution in [0.1, 0.15) is 11.1 Å². The maximum atomic E-state index is 10.5. The van der Waals surface area contributed by atoms with Crippen molar-refractivity contribution in [1.82, 2.24) is 0 Å². The summed E-state index contributed by atoms with van der Waals surface area (Å²) in [6.45, 7) is 6.85. The van der Waals surface area contributed by atoms with Crippen molar-refractivity contribution in [3.63, 3.8) is 0 Å². The molecule has 0 bridgehead atoms. The van der Waals surface area contributed by atoms with Gasteiger partial charge in [-0.3, -0.25) is 0 Å². The molecule has 0 fully saturated rings. The maximum Gasteiger partial charge on any atom is 0.153 e. The van der Waals surface area contributed by atoms with E-state index in [0.717, 1.165) is 28.1 Å². The van der Waals surface area contributed by atoms with Crippen LogP contribution >= 0.6 is 15.9 Å². The van der Waals surface area contributed by atoms with Gasteiger partial charge in [-0.1, -0.05) is 49.1 Å². The summed E-state index contributed by atoms with van der Waals surface area (Å²) >= 11 is 3.44. The van der Waals surface area contributed by atoms with E-state index in [2.05, 4.69) is 45.6 Å². The molecule has 116 valence electrons. The van der Waals surface area contributed by atoms with Crippen LogP contribution in [-0.2, 0) is 0 Å². The first-order valence-corrected chi connectivity index (χ1v) is 8.25. The Kier molecular flexibility index (Phi) is 4.39. The number of nitrogens with zero attached hydrogens (tertiary/aromatic N) is 1. The number of benzene rings is 2. The minimum absolute atomic E-state index is 0.247. The summed E-state index contributed by atoms with van der Waals surface area (Å²) in [5.41, 5.74) is 4.90. The van der Waals surface area contributed by atoms with Crippen molar-refractivity contribution in [3.05, 3.63) is 82.9 Å². The Bertz CT molecular complexity index is 820. The molecule has 1 aliphatic heterocycles. The fourth-order valence-corrected chi connectivity index (χ4v) is 3.30. The SMILES string of the molecule is C=C1/C=C\C=C/CN(c2cc(C)cc(Br)c2O)c2ccccc21. The maximum absolute atomic E-state index is 10.5. The van der Waals surface area contributed by atoms with Crippen LogP contribution in [0.4, 0.5) is 11.4 Å². The lowest BCUT2D eigenvalue weighted by atomic mass is 10.0. The molecule has 0 unspecified atom stereocenters. The number of allylic oxidation sites excluding steroid dienone is 4. The smallest absolute Gasteiger partial charge is 0.153 e. The first-order chi connectivity index (χ1) is 11.1. The van der Waals surface area contributed by atoms with Gasteiger partial charge in [0.05, 0.1) is 10.2 Å². The van der Waals surface area contributed by atoms with Crippen LogP contribution in [0.15, 0.2) is 71.8 Å². The molecule has 2 nitrogen and oxygen atoms in total. The van der Waals surface area contributed by atoms with Gasteiger partial charge < -0.3 is 10.0 Å². The van der Waals surface area contributed by atoms with Crippen LogP contribution in [0.5, 0.6) is 5.75 Å². The van der Waals surface area contributed by atoms with Gasteiger partial charge in [-0.05, 0) is 52.2 Å². The van der Waals surface area contributed by atoms with Crippen molar-refractivity contribution in [2.45, 2.75) is 6.92 Å². The van der Waals surface area contributed by atoms with Crippen molar-refractivity contribution in [2.24, 2.45) is 0 Å². The zero-order valence-corrected chi connectivity index (χ0v) is 14.5. The topological polar surface area (TPSA) is 23.5 Å². The Morgan fingerprint density at radius 1 is 1.13 bits per heavy atom. The number of phenolic OH excluding ortho intramolecular Hbond substituents is 1. The summed E-state index contributed by atoms with van der Waals surface area (Å²) in [4.78, 5) is 2.11. The number of rotatable bonds is 1. The molecule has 0 spiro atoms. The highest BCUT2D eigenvalue weighted by molar-refractivity contribution is 9.10. The van der Waals surface area contributed by atoms with Gasteiger partial charge in [0, 0.05) is 17.8 Å². The monoisotopic (exact) mass is 367 g/mol. The molecule has 0 amide bonds. The van der Waals surface area contributed by atoms with Crippen molar-refractivity contribution in [3.8, 4) is 5.75 Å². The zero-order valence-electron chi connectivity index (χ0n) is 13.0. The predicted molar refractivity (Wildman–Crippen MR) is 101 cm³/mol. The lowest BCUT2D eigenvalue weighted by Crippen LogP contribution is -2.18. The highest BCUT2D eigenvalue weighted by Gasteiger charge is 2.18. The first kappa shape index (κ1) is 15.6. The quantitative estimate of drug-likeness (QED) is 0.694.